The lowest BCUT2D eigenvalue weighted by Gasteiger charge is -2.38. The van der Waals surface area contributed by atoms with Gasteiger partial charge in [-0.3, -0.25) is 9.59 Å². The second-order valence-corrected chi connectivity index (χ2v) is 9.93. The summed E-state index contributed by atoms with van der Waals surface area (Å²) in [7, 11) is 0. The summed E-state index contributed by atoms with van der Waals surface area (Å²) >= 11 is 0. The van der Waals surface area contributed by atoms with Crippen LogP contribution in [0.3, 0.4) is 0 Å². The smallest absolute Gasteiger partial charge is 0.407 e. The van der Waals surface area contributed by atoms with E-state index in [9.17, 15) is 14.4 Å². The first-order chi connectivity index (χ1) is 16.8. The van der Waals surface area contributed by atoms with E-state index >= 15 is 0 Å². The minimum absolute atomic E-state index is 0.00674. The third kappa shape index (κ3) is 5.34. The van der Waals surface area contributed by atoms with Crippen LogP contribution >= 0.6 is 0 Å². The van der Waals surface area contributed by atoms with Crippen molar-refractivity contribution >= 4 is 18.0 Å². The molecule has 1 fully saturated rings. The molecule has 0 aromatic heterocycles. The van der Waals surface area contributed by atoms with Gasteiger partial charge >= 0.3 is 12.1 Å². The van der Waals surface area contributed by atoms with Gasteiger partial charge in [0.1, 0.15) is 6.61 Å². The summed E-state index contributed by atoms with van der Waals surface area (Å²) in [5.74, 6) is -0.698. The molecule has 1 atom stereocenters. The number of benzene rings is 2. The highest BCUT2D eigenvalue weighted by atomic mass is 16.5. The summed E-state index contributed by atoms with van der Waals surface area (Å²) in [6, 6.07) is 16.4. The summed E-state index contributed by atoms with van der Waals surface area (Å²) in [4.78, 5) is 38.6. The van der Waals surface area contributed by atoms with E-state index in [1.54, 1.807) is 4.90 Å². The first-order valence-corrected chi connectivity index (χ1v) is 12.4. The highest BCUT2D eigenvalue weighted by molar-refractivity contribution is 5.83. The normalized spacial score (nSPS) is 17.3. The molecule has 186 valence electrons. The molecule has 7 nitrogen and oxygen atoms in total. The SMILES string of the molecule is CCC(C)(CNC(=O)OCC1c2ccccc2-c2ccccc21)C(=O)N1CCC(CC(=O)O)CC1. The van der Waals surface area contributed by atoms with E-state index < -0.39 is 17.5 Å². The third-order valence-electron chi connectivity index (χ3n) is 7.63. The number of piperidine rings is 1. The molecular formula is C28H34N2O5. The molecule has 1 saturated heterocycles. The van der Waals surface area contributed by atoms with Gasteiger partial charge in [-0.2, -0.15) is 0 Å². The average molecular weight is 479 g/mol. The summed E-state index contributed by atoms with van der Waals surface area (Å²) in [6.45, 7) is 5.33. The Bertz CT molecular complexity index is 1050. The Morgan fingerprint density at radius 2 is 1.60 bits per heavy atom. The molecule has 2 N–H and O–H groups in total. The van der Waals surface area contributed by atoms with E-state index in [0.717, 1.165) is 11.1 Å². The number of carboxylic acid groups (broad SMARTS) is 1. The number of likely N-dealkylation sites (tertiary alicyclic amines) is 1. The fourth-order valence-corrected chi connectivity index (χ4v) is 5.24. The van der Waals surface area contributed by atoms with Gasteiger partial charge < -0.3 is 20.1 Å². The minimum Gasteiger partial charge on any atom is -0.481 e. The van der Waals surface area contributed by atoms with Crippen LogP contribution in [-0.4, -0.2) is 54.2 Å². The van der Waals surface area contributed by atoms with Crippen LogP contribution in [0.15, 0.2) is 48.5 Å². The molecule has 2 aliphatic rings. The van der Waals surface area contributed by atoms with Gasteiger partial charge in [0.2, 0.25) is 5.91 Å². The van der Waals surface area contributed by atoms with Gasteiger partial charge in [-0.1, -0.05) is 55.5 Å². The Balaban J connectivity index is 1.31. The number of carbonyl (C=O) groups is 3. The molecule has 1 aliphatic carbocycles. The van der Waals surface area contributed by atoms with Crippen molar-refractivity contribution in [1.29, 1.82) is 0 Å². The number of aliphatic carboxylic acids is 1. The maximum Gasteiger partial charge on any atom is 0.407 e. The van der Waals surface area contributed by atoms with Crippen LogP contribution in [0, 0.1) is 11.3 Å². The van der Waals surface area contributed by atoms with Crippen LogP contribution < -0.4 is 5.32 Å². The van der Waals surface area contributed by atoms with Crippen LogP contribution in [-0.2, 0) is 14.3 Å². The predicted molar refractivity (Wildman–Crippen MR) is 133 cm³/mol. The minimum atomic E-state index is -0.791. The number of nitrogens with one attached hydrogen (secondary N) is 1. The predicted octanol–water partition coefficient (Wildman–Crippen LogP) is 4.65. The van der Waals surface area contributed by atoms with E-state index in [1.807, 2.05) is 38.1 Å². The molecule has 1 unspecified atom stereocenters. The molecule has 35 heavy (non-hydrogen) atoms. The van der Waals surface area contributed by atoms with Crippen molar-refractivity contribution in [2.75, 3.05) is 26.2 Å². The fraction of sp³-hybridized carbons (Fsp3) is 0.464. The van der Waals surface area contributed by atoms with E-state index in [2.05, 4.69) is 29.6 Å². The van der Waals surface area contributed by atoms with Crippen molar-refractivity contribution in [3.8, 4) is 11.1 Å². The Labute approximate surface area is 206 Å². The molecule has 2 aromatic rings. The van der Waals surface area contributed by atoms with Crippen molar-refractivity contribution in [1.82, 2.24) is 10.2 Å². The quantitative estimate of drug-likeness (QED) is 0.576. The number of carbonyl (C=O) groups excluding carboxylic acids is 2. The number of ether oxygens (including phenoxy) is 1. The number of alkyl carbamates (subject to hydrolysis) is 1. The largest absolute Gasteiger partial charge is 0.481 e. The molecule has 0 spiro atoms. The Kier molecular flexibility index (Phi) is 7.43. The van der Waals surface area contributed by atoms with Gasteiger partial charge in [0, 0.05) is 32.0 Å². The highest BCUT2D eigenvalue weighted by Gasteiger charge is 2.37. The monoisotopic (exact) mass is 478 g/mol. The molecule has 2 aromatic carbocycles. The van der Waals surface area contributed by atoms with Crippen LogP contribution in [0.25, 0.3) is 11.1 Å². The standard InChI is InChI=1S/C28H34N2O5/c1-3-28(2,26(33)30-14-12-19(13-15-30)16-25(31)32)18-29-27(34)35-17-24-22-10-6-4-8-20(22)21-9-5-7-11-23(21)24/h4-11,19,24H,3,12-18H2,1-2H3,(H,29,34)(H,31,32). The van der Waals surface area contributed by atoms with E-state index in [0.29, 0.717) is 32.4 Å². The van der Waals surface area contributed by atoms with Crippen LogP contribution in [0.2, 0.25) is 0 Å². The van der Waals surface area contributed by atoms with Gasteiger partial charge in [0.25, 0.3) is 0 Å². The van der Waals surface area contributed by atoms with Gasteiger partial charge in [-0.05, 0) is 54.4 Å². The van der Waals surface area contributed by atoms with Crippen molar-refractivity contribution in [2.24, 2.45) is 11.3 Å². The number of hydrogen-bond acceptors (Lipinski definition) is 4. The van der Waals surface area contributed by atoms with E-state index in [1.165, 1.54) is 11.1 Å². The van der Waals surface area contributed by atoms with Gasteiger partial charge in [-0.15, -0.1) is 0 Å². The lowest BCUT2D eigenvalue weighted by Crippen LogP contribution is -2.50. The molecule has 4 rings (SSSR count). The van der Waals surface area contributed by atoms with Crippen LogP contribution in [0.4, 0.5) is 4.79 Å². The molecule has 7 heteroatoms. The molecular weight excluding hydrogens is 444 g/mol. The second-order valence-electron chi connectivity index (χ2n) is 9.93. The highest BCUT2D eigenvalue weighted by Crippen LogP contribution is 2.44. The summed E-state index contributed by atoms with van der Waals surface area (Å²) in [6.07, 6.45) is 1.58. The molecule has 0 radical (unpaired) electrons. The number of carboxylic acids is 1. The molecule has 1 heterocycles. The van der Waals surface area contributed by atoms with E-state index in [-0.39, 0.29) is 37.3 Å². The first-order valence-electron chi connectivity index (χ1n) is 12.4. The van der Waals surface area contributed by atoms with Crippen LogP contribution in [0.1, 0.15) is 56.6 Å². The summed E-state index contributed by atoms with van der Waals surface area (Å²) in [5.41, 5.74) is 3.91. The maximum atomic E-state index is 13.3. The lowest BCUT2D eigenvalue weighted by atomic mass is 9.84. The molecule has 0 bridgehead atoms. The van der Waals surface area contributed by atoms with Crippen molar-refractivity contribution in [3.05, 3.63) is 59.7 Å². The first kappa shape index (κ1) is 24.8. The Morgan fingerprint density at radius 1 is 1.03 bits per heavy atom. The zero-order chi connectivity index (χ0) is 25.0. The van der Waals surface area contributed by atoms with Crippen LogP contribution in [0.5, 0.6) is 0 Å². The number of rotatable bonds is 8. The Hall–Kier alpha value is -3.35. The van der Waals surface area contributed by atoms with Crippen molar-refractivity contribution < 1.29 is 24.2 Å². The number of nitrogens with zero attached hydrogens (tertiary/aromatic N) is 1. The van der Waals surface area contributed by atoms with Gasteiger partial charge in [-0.25, -0.2) is 4.79 Å². The zero-order valence-corrected chi connectivity index (χ0v) is 20.5. The van der Waals surface area contributed by atoms with Gasteiger partial charge in [0.05, 0.1) is 5.41 Å². The van der Waals surface area contributed by atoms with Crippen molar-refractivity contribution in [2.45, 2.75) is 45.4 Å². The average Bonchev–Trinajstić information content (AvgIpc) is 3.19. The topological polar surface area (TPSA) is 95.9 Å². The zero-order valence-electron chi connectivity index (χ0n) is 20.5. The summed E-state index contributed by atoms with van der Waals surface area (Å²) in [5, 5.41) is 11.8. The molecule has 1 aliphatic heterocycles. The summed E-state index contributed by atoms with van der Waals surface area (Å²) < 4.78 is 5.63. The molecule has 2 amide bonds. The number of fused-ring (bicyclic) bond motifs is 3. The number of hydrogen-bond donors (Lipinski definition) is 2. The maximum absolute atomic E-state index is 13.3. The van der Waals surface area contributed by atoms with E-state index in [4.69, 9.17) is 9.84 Å². The lowest BCUT2D eigenvalue weighted by molar-refractivity contribution is -0.143. The van der Waals surface area contributed by atoms with Gasteiger partial charge in [0.15, 0.2) is 0 Å². The number of amides is 2. The molecule has 0 saturated carbocycles. The third-order valence-corrected chi connectivity index (χ3v) is 7.63. The van der Waals surface area contributed by atoms with Crippen molar-refractivity contribution in [3.63, 3.8) is 0 Å². The Morgan fingerprint density at radius 3 is 2.14 bits per heavy atom. The second kappa shape index (κ2) is 10.5. The fourth-order valence-electron chi connectivity index (χ4n) is 5.24.